The number of hydrogen-bond donors (Lipinski definition) is 3. The minimum atomic E-state index is -0.774. The molecule has 6 heteroatoms. The lowest BCUT2D eigenvalue weighted by Gasteiger charge is -2.22. The first-order valence-electron chi connectivity index (χ1n) is 4.57. The van der Waals surface area contributed by atoms with Gasteiger partial charge in [-0.15, -0.1) is 0 Å². The van der Waals surface area contributed by atoms with E-state index in [1.54, 1.807) is 24.9 Å². The van der Waals surface area contributed by atoms with Crippen molar-refractivity contribution in [1.82, 2.24) is 9.97 Å². The quantitative estimate of drug-likeness (QED) is 0.684. The molecule has 5 nitrogen and oxygen atoms in total. The van der Waals surface area contributed by atoms with Crippen LogP contribution in [-0.2, 0) is 0 Å². The Bertz CT molecular complexity index is 319. The summed E-state index contributed by atoms with van der Waals surface area (Å²) in [6.45, 7) is 2.17. The summed E-state index contributed by atoms with van der Waals surface area (Å²) in [5.74, 6) is 1.51. The molecule has 0 aliphatic heterocycles. The zero-order chi connectivity index (χ0) is 11.3. The largest absolute Gasteiger partial charge is 0.387 e. The van der Waals surface area contributed by atoms with Gasteiger partial charge in [0, 0.05) is 24.7 Å². The Morgan fingerprint density at radius 2 is 2.20 bits per heavy atom. The van der Waals surface area contributed by atoms with Crippen molar-refractivity contribution in [2.45, 2.75) is 12.5 Å². The molecule has 1 unspecified atom stereocenters. The van der Waals surface area contributed by atoms with Gasteiger partial charge in [-0.2, -0.15) is 11.8 Å². The summed E-state index contributed by atoms with van der Waals surface area (Å²) in [4.78, 5) is 7.92. The molecule has 1 aromatic heterocycles. The van der Waals surface area contributed by atoms with Gasteiger partial charge >= 0.3 is 0 Å². The molecule has 15 heavy (non-hydrogen) atoms. The van der Waals surface area contributed by atoms with Crippen molar-refractivity contribution in [3.05, 3.63) is 12.4 Å². The van der Waals surface area contributed by atoms with Crippen LogP contribution in [0.4, 0.5) is 11.6 Å². The summed E-state index contributed by atoms with van der Waals surface area (Å²) < 4.78 is 0. The SMILES string of the molecule is CSCC(C)(O)CNc1nccnc1N. The van der Waals surface area contributed by atoms with E-state index in [9.17, 15) is 5.11 Å². The fourth-order valence-electron chi connectivity index (χ4n) is 1.12. The van der Waals surface area contributed by atoms with Crippen molar-refractivity contribution in [2.75, 3.05) is 29.6 Å². The molecule has 0 fully saturated rings. The Labute approximate surface area is 93.5 Å². The van der Waals surface area contributed by atoms with Crippen LogP contribution in [0.15, 0.2) is 12.4 Å². The molecule has 0 saturated heterocycles. The van der Waals surface area contributed by atoms with Crippen molar-refractivity contribution in [3.63, 3.8) is 0 Å². The molecular formula is C9H16N4OS. The number of nitrogens with two attached hydrogens (primary N) is 1. The Morgan fingerprint density at radius 1 is 1.53 bits per heavy atom. The van der Waals surface area contributed by atoms with E-state index >= 15 is 0 Å². The van der Waals surface area contributed by atoms with E-state index < -0.39 is 5.60 Å². The van der Waals surface area contributed by atoms with Crippen LogP contribution >= 0.6 is 11.8 Å². The molecule has 0 aliphatic rings. The average molecular weight is 228 g/mol. The van der Waals surface area contributed by atoms with E-state index in [4.69, 9.17) is 5.73 Å². The number of rotatable bonds is 5. The molecule has 0 amide bonds. The lowest BCUT2D eigenvalue weighted by molar-refractivity contribution is 0.0996. The lowest BCUT2D eigenvalue weighted by Crippen LogP contribution is -2.36. The van der Waals surface area contributed by atoms with E-state index in [2.05, 4.69) is 15.3 Å². The molecule has 1 heterocycles. The van der Waals surface area contributed by atoms with Gasteiger partial charge in [-0.1, -0.05) is 0 Å². The Morgan fingerprint density at radius 3 is 2.80 bits per heavy atom. The summed E-state index contributed by atoms with van der Waals surface area (Å²) in [6, 6.07) is 0. The maximum Gasteiger partial charge on any atom is 0.169 e. The number of hydrogen-bond acceptors (Lipinski definition) is 6. The van der Waals surface area contributed by atoms with E-state index in [1.807, 2.05) is 6.26 Å². The third-order valence-corrected chi connectivity index (χ3v) is 2.73. The number of nitrogens with one attached hydrogen (secondary N) is 1. The Balaban J connectivity index is 2.53. The minimum Gasteiger partial charge on any atom is -0.387 e. The van der Waals surface area contributed by atoms with E-state index in [-0.39, 0.29) is 0 Å². The van der Waals surface area contributed by atoms with Gasteiger partial charge in [-0.05, 0) is 13.2 Å². The first kappa shape index (κ1) is 12.1. The van der Waals surface area contributed by atoms with Crippen molar-refractivity contribution in [3.8, 4) is 0 Å². The zero-order valence-corrected chi connectivity index (χ0v) is 9.71. The summed E-state index contributed by atoms with van der Waals surface area (Å²) in [5, 5.41) is 12.9. The van der Waals surface area contributed by atoms with Gasteiger partial charge in [-0.3, -0.25) is 0 Å². The third kappa shape index (κ3) is 3.93. The van der Waals surface area contributed by atoms with Crippen molar-refractivity contribution in [1.29, 1.82) is 0 Å². The topological polar surface area (TPSA) is 84.1 Å². The average Bonchev–Trinajstić information content (AvgIpc) is 2.16. The second-order valence-corrected chi connectivity index (χ2v) is 4.44. The second-order valence-electron chi connectivity index (χ2n) is 3.57. The lowest BCUT2D eigenvalue weighted by atomic mass is 10.1. The number of nitrogen functional groups attached to an aromatic ring is 1. The van der Waals surface area contributed by atoms with Gasteiger partial charge in [0.25, 0.3) is 0 Å². The van der Waals surface area contributed by atoms with Crippen molar-refractivity contribution < 1.29 is 5.11 Å². The van der Waals surface area contributed by atoms with E-state index in [1.165, 1.54) is 6.20 Å². The van der Waals surface area contributed by atoms with Crippen LogP contribution in [0, 0.1) is 0 Å². The summed E-state index contributed by atoms with van der Waals surface area (Å²) in [6.07, 6.45) is 5.04. The molecule has 0 radical (unpaired) electrons. The molecule has 84 valence electrons. The molecule has 0 bridgehead atoms. The fourth-order valence-corrected chi connectivity index (χ4v) is 1.85. The molecule has 0 spiro atoms. The highest BCUT2D eigenvalue weighted by molar-refractivity contribution is 7.98. The number of aliphatic hydroxyl groups is 1. The van der Waals surface area contributed by atoms with Crippen molar-refractivity contribution in [2.24, 2.45) is 0 Å². The molecule has 0 saturated carbocycles. The summed E-state index contributed by atoms with van der Waals surface area (Å²) in [5.41, 5.74) is 4.83. The van der Waals surface area contributed by atoms with Gasteiger partial charge in [0.05, 0.1) is 5.60 Å². The van der Waals surface area contributed by atoms with Crippen LogP contribution in [0.1, 0.15) is 6.92 Å². The number of aromatic nitrogens is 2. The van der Waals surface area contributed by atoms with Gasteiger partial charge in [0.1, 0.15) is 0 Å². The predicted molar refractivity (Wildman–Crippen MR) is 63.9 cm³/mol. The van der Waals surface area contributed by atoms with Crippen LogP contribution in [0.5, 0.6) is 0 Å². The number of anilines is 2. The van der Waals surface area contributed by atoms with Crippen LogP contribution in [-0.4, -0.2) is 39.2 Å². The van der Waals surface area contributed by atoms with Crippen LogP contribution < -0.4 is 11.1 Å². The molecule has 4 N–H and O–H groups in total. The molecule has 1 aromatic rings. The molecule has 0 aliphatic carbocycles. The van der Waals surface area contributed by atoms with Gasteiger partial charge in [-0.25, -0.2) is 9.97 Å². The van der Waals surface area contributed by atoms with Gasteiger partial charge < -0.3 is 16.2 Å². The fraction of sp³-hybridized carbons (Fsp3) is 0.556. The third-order valence-electron chi connectivity index (χ3n) is 1.82. The molecule has 1 atom stereocenters. The Hall–Kier alpha value is -1.01. The van der Waals surface area contributed by atoms with Gasteiger partial charge in [0.2, 0.25) is 0 Å². The highest BCUT2D eigenvalue weighted by Crippen LogP contribution is 2.14. The highest BCUT2D eigenvalue weighted by atomic mass is 32.2. The number of nitrogens with zero attached hydrogens (tertiary/aromatic N) is 2. The number of thioether (sulfide) groups is 1. The Kier molecular flexibility index (Phi) is 4.16. The van der Waals surface area contributed by atoms with Crippen LogP contribution in [0.2, 0.25) is 0 Å². The van der Waals surface area contributed by atoms with Crippen molar-refractivity contribution >= 4 is 23.4 Å². The highest BCUT2D eigenvalue weighted by Gasteiger charge is 2.19. The smallest absolute Gasteiger partial charge is 0.169 e. The molecule has 1 rings (SSSR count). The second kappa shape index (κ2) is 5.18. The standard InChI is InChI=1S/C9H16N4OS/c1-9(14,6-15-2)5-13-8-7(10)11-3-4-12-8/h3-4,14H,5-6H2,1-2H3,(H2,10,11)(H,12,13). The summed E-state index contributed by atoms with van der Waals surface area (Å²) in [7, 11) is 0. The first-order valence-corrected chi connectivity index (χ1v) is 5.96. The molecule has 0 aromatic carbocycles. The maximum absolute atomic E-state index is 9.89. The normalized spacial score (nSPS) is 14.6. The first-order chi connectivity index (χ1) is 7.05. The van der Waals surface area contributed by atoms with Gasteiger partial charge in [0.15, 0.2) is 11.6 Å². The minimum absolute atomic E-state index is 0.345. The summed E-state index contributed by atoms with van der Waals surface area (Å²) >= 11 is 1.59. The zero-order valence-electron chi connectivity index (χ0n) is 8.90. The van der Waals surface area contributed by atoms with Crippen LogP contribution in [0.25, 0.3) is 0 Å². The van der Waals surface area contributed by atoms with E-state index in [0.29, 0.717) is 23.9 Å². The predicted octanol–water partition coefficient (Wildman–Crippen LogP) is 0.585. The van der Waals surface area contributed by atoms with E-state index in [0.717, 1.165) is 0 Å². The maximum atomic E-state index is 9.89. The molecular weight excluding hydrogens is 212 g/mol. The monoisotopic (exact) mass is 228 g/mol. The van der Waals surface area contributed by atoms with Crippen LogP contribution in [0.3, 0.4) is 0 Å².